The number of hydrogen-bond donors (Lipinski definition) is 1. The number of halogens is 1. The maximum atomic E-state index is 12.2. The van der Waals surface area contributed by atoms with Crippen LogP contribution in [-0.4, -0.2) is 12.7 Å². The molecule has 0 aliphatic carbocycles. The molecule has 0 spiro atoms. The van der Waals surface area contributed by atoms with Crippen molar-refractivity contribution in [2.45, 2.75) is 0 Å². The van der Waals surface area contributed by atoms with Crippen molar-refractivity contribution in [3.8, 4) is 11.5 Å². The standard InChI is InChI=1S/C14H11ClN2O3/c15-10-3-1-9(2-4-10)14(18)17(16)11-5-6-12-13(7-11)20-8-19-12/h1-7H,8,16H2. The van der Waals surface area contributed by atoms with Gasteiger partial charge in [0, 0.05) is 16.7 Å². The van der Waals surface area contributed by atoms with Gasteiger partial charge in [0.05, 0.1) is 5.69 Å². The lowest BCUT2D eigenvalue weighted by atomic mass is 10.2. The first-order valence-corrected chi connectivity index (χ1v) is 6.27. The van der Waals surface area contributed by atoms with Gasteiger partial charge in [0.1, 0.15) is 0 Å². The topological polar surface area (TPSA) is 64.8 Å². The lowest BCUT2D eigenvalue weighted by Crippen LogP contribution is -2.37. The third-order valence-corrected chi connectivity index (χ3v) is 3.20. The number of benzene rings is 2. The number of nitrogens with zero attached hydrogens (tertiary/aromatic N) is 1. The fraction of sp³-hybridized carbons (Fsp3) is 0.0714. The summed E-state index contributed by atoms with van der Waals surface area (Å²) in [5.74, 6) is 6.74. The number of fused-ring (bicyclic) bond motifs is 1. The molecule has 0 saturated carbocycles. The van der Waals surface area contributed by atoms with Crippen LogP contribution in [0.3, 0.4) is 0 Å². The molecule has 1 aliphatic heterocycles. The van der Waals surface area contributed by atoms with Crippen molar-refractivity contribution >= 4 is 23.2 Å². The van der Waals surface area contributed by atoms with Crippen LogP contribution in [0, 0.1) is 0 Å². The van der Waals surface area contributed by atoms with Gasteiger partial charge in [-0.2, -0.15) is 0 Å². The summed E-state index contributed by atoms with van der Waals surface area (Å²) in [4.78, 5) is 12.2. The largest absolute Gasteiger partial charge is 0.454 e. The number of carbonyl (C=O) groups is 1. The van der Waals surface area contributed by atoms with Crippen molar-refractivity contribution in [3.05, 3.63) is 53.1 Å². The SMILES string of the molecule is NN(C(=O)c1ccc(Cl)cc1)c1ccc2c(c1)OCO2. The van der Waals surface area contributed by atoms with E-state index in [1.807, 2.05) is 0 Å². The van der Waals surface area contributed by atoms with Crippen molar-refractivity contribution in [2.24, 2.45) is 5.84 Å². The molecule has 2 aromatic carbocycles. The second kappa shape index (κ2) is 5.03. The molecule has 1 heterocycles. The normalized spacial score (nSPS) is 12.3. The van der Waals surface area contributed by atoms with Gasteiger partial charge >= 0.3 is 0 Å². The van der Waals surface area contributed by atoms with Crippen molar-refractivity contribution in [1.29, 1.82) is 0 Å². The van der Waals surface area contributed by atoms with Gasteiger partial charge in [0.15, 0.2) is 11.5 Å². The quantitative estimate of drug-likeness (QED) is 0.524. The lowest BCUT2D eigenvalue weighted by Gasteiger charge is -2.17. The first-order chi connectivity index (χ1) is 9.65. The molecule has 0 saturated heterocycles. The van der Waals surface area contributed by atoms with Gasteiger partial charge in [-0.05, 0) is 36.4 Å². The average Bonchev–Trinajstić information content (AvgIpc) is 2.94. The Morgan fingerprint density at radius 2 is 1.80 bits per heavy atom. The van der Waals surface area contributed by atoms with E-state index < -0.39 is 0 Å². The molecule has 102 valence electrons. The predicted octanol–water partition coefficient (Wildman–Crippen LogP) is 2.59. The van der Waals surface area contributed by atoms with Crippen molar-refractivity contribution in [1.82, 2.24) is 0 Å². The Balaban J connectivity index is 1.86. The van der Waals surface area contributed by atoms with Crippen LogP contribution < -0.4 is 20.3 Å². The third kappa shape index (κ3) is 2.29. The van der Waals surface area contributed by atoms with Crippen LogP contribution in [0.5, 0.6) is 11.5 Å². The first-order valence-electron chi connectivity index (χ1n) is 5.89. The minimum Gasteiger partial charge on any atom is -0.454 e. The Morgan fingerprint density at radius 3 is 2.55 bits per heavy atom. The van der Waals surface area contributed by atoms with E-state index in [-0.39, 0.29) is 12.7 Å². The van der Waals surface area contributed by atoms with Gasteiger partial charge < -0.3 is 9.47 Å². The van der Waals surface area contributed by atoms with E-state index in [9.17, 15) is 4.79 Å². The third-order valence-electron chi connectivity index (χ3n) is 2.94. The van der Waals surface area contributed by atoms with Gasteiger partial charge in [-0.15, -0.1) is 0 Å². The van der Waals surface area contributed by atoms with Crippen LogP contribution in [0.25, 0.3) is 0 Å². The molecule has 6 heteroatoms. The molecule has 5 nitrogen and oxygen atoms in total. The Hall–Kier alpha value is -2.24. The van der Waals surface area contributed by atoms with Crippen LogP contribution in [0.4, 0.5) is 5.69 Å². The summed E-state index contributed by atoms with van der Waals surface area (Å²) >= 11 is 5.79. The molecule has 0 aromatic heterocycles. The molecular formula is C14H11ClN2O3. The summed E-state index contributed by atoms with van der Waals surface area (Å²) in [7, 11) is 0. The Morgan fingerprint density at radius 1 is 1.10 bits per heavy atom. The smallest absolute Gasteiger partial charge is 0.272 e. The zero-order valence-corrected chi connectivity index (χ0v) is 11.1. The predicted molar refractivity (Wildman–Crippen MR) is 75.0 cm³/mol. The van der Waals surface area contributed by atoms with E-state index in [0.717, 1.165) is 5.01 Å². The van der Waals surface area contributed by atoms with E-state index in [1.54, 1.807) is 42.5 Å². The molecular weight excluding hydrogens is 280 g/mol. The molecule has 1 amide bonds. The van der Waals surface area contributed by atoms with Crippen LogP contribution in [-0.2, 0) is 0 Å². The first kappa shape index (κ1) is 12.8. The Kier molecular flexibility index (Phi) is 3.22. The van der Waals surface area contributed by atoms with E-state index in [2.05, 4.69) is 0 Å². The number of nitrogens with two attached hydrogens (primary N) is 1. The second-order valence-electron chi connectivity index (χ2n) is 4.22. The number of hydrazine groups is 1. The van der Waals surface area contributed by atoms with E-state index in [0.29, 0.717) is 27.8 Å². The maximum absolute atomic E-state index is 12.2. The number of amides is 1. The molecule has 3 rings (SSSR count). The summed E-state index contributed by atoms with van der Waals surface area (Å²) < 4.78 is 10.5. The molecule has 0 atom stereocenters. The Labute approximate surface area is 120 Å². The zero-order valence-electron chi connectivity index (χ0n) is 10.4. The summed E-state index contributed by atoms with van der Waals surface area (Å²) in [6.45, 7) is 0.175. The van der Waals surface area contributed by atoms with Crippen molar-refractivity contribution < 1.29 is 14.3 Å². The molecule has 0 radical (unpaired) electrons. The highest BCUT2D eigenvalue weighted by Gasteiger charge is 2.19. The van der Waals surface area contributed by atoms with Gasteiger partial charge in [-0.3, -0.25) is 4.79 Å². The molecule has 0 unspecified atom stereocenters. The zero-order chi connectivity index (χ0) is 14.1. The van der Waals surface area contributed by atoms with Crippen LogP contribution in [0.15, 0.2) is 42.5 Å². The fourth-order valence-corrected chi connectivity index (χ4v) is 2.01. The van der Waals surface area contributed by atoms with Crippen LogP contribution in [0.1, 0.15) is 10.4 Å². The highest BCUT2D eigenvalue weighted by Crippen LogP contribution is 2.35. The maximum Gasteiger partial charge on any atom is 0.272 e. The van der Waals surface area contributed by atoms with Crippen LogP contribution in [0.2, 0.25) is 5.02 Å². The van der Waals surface area contributed by atoms with Gasteiger partial charge in [0.25, 0.3) is 5.91 Å². The number of anilines is 1. The summed E-state index contributed by atoms with van der Waals surface area (Å²) in [5.41, 5.74) is 0.976. The van der Waals surface area contributed by atoms with E-state index >= 15 is 0 Å². The molecule has 1 aliphatic rings. The molecule has 20 heavy (non-hydrogen) atoms. The number of hydrogen-bond acceptors (Lipinski definition) is 4. The summed E-state index contributed by atoms with van der Waals surface area (Å²) in [5, 5.41) is 1.62. The number of ether oxygens (including phenoxy) is 2. The summed E-state index contributed by atoms with van der Waals surface area (Å²) in [6, 6.07) is 11.6. The Bertz CT molecular complexity index is 658. The summed E-state index contributed by atoms with van der Waals surface area (Å²) in [6.07, 6.45) is 0. The minimum atomic E-state index is -0.333. The van der Waals surface area contributed by atoms with E-state index in [1.165, 1.54) is 0 Å². The highest BCUT2D eigenvalue weighted by atomic mass is 35.5. The minimum absolute atomic E-state index is 0.175. The lowest BCUT2D eigenvalue weighted by molar-refractivity contribution is 0.0987. The number of rotatable bonds is 2. The average molecular weight is 291 g/mol. The molecule has 2 aromatic rings. The fourth-order valence-electron chi connectivity index (χ4n) is 1.88. The molecule has 2 N–H and O–H groups in total. The monoisotopic (exact) mass is 290 g/mol. The highest BCUT2D eigenvalue weighted by molar-refractivity contribution is 6.30. The van der Waals surface area contributed by atoms with Gasteiger partial charge in [-0.25, -0.2) is 10.9 Å². The molecule has 0 fully saturated rings. The molecule has 0 bridgehead atoms. The second-order valence-corrected chi connectivity index (χ2v) is 4.66. The van der Waals surface area contributed by atoms with Crippen molar-refractivity contribution in [3.63, 3.8) is 0 Å². The van der Waals surface area contributed by atoms with Crippen molar-refractivity contribution in [2.75, 3.05) is 11.8 Å². The number of carbonyl (C=O) groups excluding carboxylic acids is 1. The van der Waals surface area contributed by atoms with Gasteiger partial charge in [0.2, 0.25) is 6.79 Å². The van der Waals surface area contributed by atoms with Gasteiger partial charge in [-0.1, -0.05) is 11.6 Å². The van der Waals surface area contributed by atoms with E-state index in [4.69, 9.17) is 26.9 Å². The van der Waals surface area contributed by atoms with Crippen LogP contribution >= 0.6 is 11.6 Å².